The molecule has 0 radical (unpaired) electrons. The lowest BCUT2D eigenvalue weighted by atomic mass is 9.92. The number of nitrogens with zero attached hydrogens (tertiary/aromatic N) is 2. The van der Waals surface area contributed by atoms with E-state index in [1.54, 1.807) is 0 Å². The quantitative estimate of drug-likeness (QED) is 0.898. The van der Waals surface area contributed by atoms with Crippen LogP contribution in [0.3, 0.4) is 0 Å². The summed E-state index contributed by atoms with van der Waals surface area (Å²) in [5, 5.41) is 17.4. The molecule has 0 amide bonds. The highest BCUT2D eigenvalue weighted by Crippen LogP contribution is 2.29. The molecule has 3 rings (SSSR count). The van der Waals surface area contributed by atoms with Gasteiger partial charge in [0, 0.05) is 12.5 Å². The molecule has 0 unspecified atom stereocenters. The van der Waals surface area contributed by atoms with Crippen molar-refractivity contribution in [2.45, 2.75) is 24.9 Å². The van der Waals surface area contributed by atoms with Crippen molar-refractivity contribution in [1.82, 2.24) is 15.5 Å². The molecular formula is C14H15F2N3O2. The lowest BCUT2D eigenvalue weighted by Crippen LogP contribution is -2.39. The molecule has 7 heteroatoms. The van der Waals surface area contributed by atoms with Gasteiger partial charge in [0.2, 0.25) is 0 Å². The summed E-state index contributed by atoms with van der Waals surface area (Å²) >= 11 is 0. The van der Waals surface area contributed by atoms with Crippen LogP contribution in [0, 0.1) is 11.6 Å². The van der Waals surface area contributed by atoms with Gasteiger partial charge in [0.05, 0.1) is 0 Å². The Hall–Kier alpha value is -1.86. The number of benzene rings is 1. The maximum Gasteiger partial charge on any atom is 0.258 e. The standard InChI is InChI=1S/C14H15F2N3O2/c15-10-2-1-9(11(16)8-10)7-12-18-13(21-19-12)14(20)3-5-17-6-4-14/h1-2,8,17,20H,3-7H2. The Kier molecular flexibility index (Phi) is 3.69. The zero-order chi connectivity index (χ0) is 14.9. The predicted molar refractivity (Wildman–Crippen MR) is 69.5 cm³/mol. The number of aliphatic hydroxyl groups is 1. The van der Waals surface area contributed by atoms with Gasteiger partial charge in [-0.2, -0.15) is 4.98 Å². The Labute approximate surface area is 120 Å². The van der Waals surface area contributed by atoms with Gasteiger partial charge in [-0.25, -0.2) is 8.78 Å². The summed E-state index contributed by atoms with van der Waals surface area (Å²) in [5.41, 5.74) is -0.848. The lowest BCUT2D eigenvalue weighted by Gasteiger charge is -2.28. The topological polar surface area (TPSA) is 71.2 Å². The van der Waals surface area contributed by atoms with Crippen molar-refractivity contribution in [3.63, 3.8) is 0 Å². The normalized spacial score (nSPS) is 17.9. The van der Waals surface area contributed by atoms with Crippen LogP contribution in [0.25, 0.3) is 0 Å². The molecule has 2 heterocycles. The molecule has 0 saturated carbocycles. The van der Waals surface area contributed by atoms with Crippen molar-refractivity contribution in [1.29, 1.82) is 0 Å². The zero-order valence-corrected chi connectivity index (χ0v) is 11.3. The average Bonchev–Trinajstić information content (AvgIpc) is 2.92. The van der Waals surface area contributed by atoms with Gasteiger partial charge in [0.1, 0.15) is 17.2 Å². The maximum atomic E-state index is 13.6. The van der Waals surface area contributed by atoms with Crippen LogP contribution in [0.5, 0.6) is 0 Å². The van der Waals surface area contributed by atoms with Crippen molar-refractivity contribution in [2.24, 2.45) is 0 Å². The molecule has 0 bridgehead atoms. The molecule has 21 heavy (non-hydrogen) atoms. The first-order chi connectivity index (χ1) is 10.1. The molecule has 0 spiro atoms. The number of aromatic nitrogens is 2. The number of hydrogen-bond acceptors (Lipinski definition) is 5. The van der Waals surface area contributed by atoms with Crippen LogP contribution in [-0.4, -0.2) is 28.3 Å². The van der Waals surface area contributed by atoms with Crippen molar-refractivity contribution >= 4 is 0 Å². The molecule has 5 nitrogen and oxygen atoms in total. The third-order valence-electron chi connectivity index (χ3n) is 3.66. The van der Waals surface area contributed by atoms with E-state index in [0.29, 0.717) is 25.9 Å². The van der Waals surface area contributed by atoms with Gasteiger partial charge in [0.25, 0.3) is 5.89 Å². The highest BCUT2D eigenvalue weighted by Gasteiger charge is 2.36. The molecule has 112 valence electrons. The molecule has 2 aromatic rings. The minimum absolute atomic E-state index is 0.0872. The number of rotatable bonds is 3. The minimum atomic E-state index is -1.13. The first-order valence-corrected chi connectivity index (χ1v) is 6.77. The summed E-state index contributed by atoms with van der Waals surface area (Å²) in [6.45, 7) is 1.33. The van der Waals surface area contributed by atoms with E-state index in [-0.39, 0.29) is 23.7 Å². The van der Waals surface area contributed by atoms with E-state index in [1.807, 2.05) is 0 Å². The summed E-state index contributed by atoms with van der Waals surface area (Å²) in [6.07, 6.45) is 1.06. The van der Waals surface area contributed by atoms with Crippen molar-refractivity contribution in [3.05, 3.63) is 47.1 Å². The van der Waals surface area contributed by atoms with Gasteiger partial charge in [-0.1, -0.05) is 11.2 Å². The highest BCUT2D eigenvalue weighted by molar-refractivity contribution is 5.22. The maximum absolute atomic E-state index is 13.6. The molecule has 1 fully saturated rings. The van der Waals surface area contributed by atoms with Gasteiger partial charge in [0.15, 0.2) is 5.82 Å². The van der Waals surface area contributed by atoms with Gasteiger partial charge in [-0.15, -0.1) is 0 Å². The van der Waals surface area contributed by atoms with Crippen LogP contribution in [0.4, 0.5) is 8.78 Å². The smallest absolute Gasteiger partial charge is 0.258 e. The minimum Gasteiger partial charge on any atom is -0.380 e. The predicted octanol–water partition coefficient (Wildman–Crippen LogP) is 1.51. The number of nitrogens with one attached hydrogen (secondary N) is 1. The second-order valence-electron chi connectivity index (χ2n) is 5.21. The van der Waals surface area contributed by atoms with Crippen LogP contribution in [0.2, 0.25) is 0 Å². The van der Waals surface area contributed by atoms with Gasteiger partial charge < -0.3 is 14.9 Å². The Balaban J connectivity index is 1.78. The van der Waals surface area contributed by atoms with Crippen LogP contribution in [-0.2, 0) is 12.0 Å². The second kappa shape index (κ2) is 5.50. The van der Waals surface area contributed by atoms with Crippen LogP contribution >= 0.6 is 0 Å². The Bertz CT molecular complexity index is 639. The first-order valence-electron chi connectivity index (χ1n) is 6.77. The summed E-state index contributed by atoms with van der Waals surface area (Å²) in [4.78, 5) is 4.15. The third kappa shape index (κ3) is 2.93. The molecular weight excluding hydrogens is 280 g/mol. The molecule has 1 saturated heterocycles. The Morgan fingerprint density at radius 2 is 2.05 bits per heavy atom. The fourth-order valence-corrected chi connectivity index (χ4v) is 2.40. The van der Waals surface area contributed by atoms with Crippen LogP contribution in [0.1, 0.15) is 30.1 Å². The van der Waals surface area contributed by atoms with E-state index < -0.39 is 17.2 Å². The number of hydrogen-bond donors (Lipinski definition) is 2. The van der Waals surface area contributed by atoms with E-state index in [0.717, 1.165) is 6.07 Å². The van der Waals surface area contributed by atoms with Crippen molar-refractivity contribution < 1.29 is 18.4 Å². The molecule has 0 atom stereocenters. The summed E-state index contributed by atoms with van der Waals surface area (Å²) in [7, 11) is 0. The SMILES string of the molecule is OC1(c2nc(Cc3ccc(F)cc3F)no2)CCNCC1. The lowest BCUT2D eigenvalue weighted by molar-refractivity contribution is -0.0228. The van der Waals surface area contributed by atoms with Gasteiger partial charge in [-0.3, -0.25) is 0 Å². The second-order valence-corrected chi connectivity index (χ2v) is 5.21. The van der Waals surface area contributed by atoms with E-state index in [2.05, 4.69) is 15.5 Å². The van der Waals surface area contributed by atoms with Gasteiger partial charge >= 0.3 is 0 Å². The van der Waals surface area contributed by atoms with Gasteiger partial charge in [-0.05, 0) is 37.6 Å². The van der Waals surface area contributed by atoms with E-state index in [9.17, 15) is 13.9 Å². The van der Waals surface area contributed by atoms with E-state index >= 15 is 0 Å². The molecule has 0 aliphatic carbocycles. The fraction of sp³-hybridized carbons (Fsp3) is 0.429. The average molecular weight is 295 g/mol. The molecule has 1 aromatic heterocycles. The summed E-state index contributed by atoms with van der Waals surface area (Å²) in [5.74, 6) is -0.861. The van der Waals surface area contributed by atoms with Crippen molar-refractivity contribution in [2.75, 3.05) is 13.1 Å². The number of halogens is 2. The Morgan fingerprint density at radius 3 is 2.76 bits per heavy atom. The Morgan fingerprint density at radius 1 is 1.29 bits per heavy atom. The van der Waals surface area contributed by atoms with E-state index in [1.165, 1.54) is 12.1 Å². The summed E-state index contributed by atoms with van der Waals surface area (Å²) < 4.78 is 31.6. The van der Waals surface area contributed by atoms with Crippen LogP contribution in [0.15, 0.2) is 22.7 Å². The highest BCUT2D eigenvalue weighted by atomic mass is 19.1. The zero-order valence-electron chi connectivity index (χ0n) is 11.3. The molecule has 1 aromatic carbocycles. The summed E-state index contributed by atoms with van der Waals surface area (Å²) in [6, 6.07) is 3.34. The number of piperidine rings is 1. The molecule has 1 aliphatic heterocycles. The fourth-order valence-electron chi connectivity index (χ4n) is 2.40. The monoisotopic (exact) mass is 295 g/mol. The van der Waals surface area contributed by atoms with Crippen LogP contribution < -0.4 is 5.32 Å². The van der Waals surface area contributed by atoms with Crippen molar-refractivity contribution in [3.8, 4) is 0 Å². The molecule has 1 aliphatic rings. The third-order valence-corrected chi connectivity index (χ3v) is 3.66. The molecule has 2 N–H and O–H groups in total. The largest absolute Gasteiger partial charge is 0.380 e. The van der Waals surface area contributed by atoms with E-state index in [4.69, 9.17) is 4.52 Å². The first kappa shape index (κ1) is 14.1.